The van der Waals surface area contributed by atoms with Gasteiger partial charge in [0, 0.05) is 18.0 Å². The van der Waals surface area contributed by atoms with Gasteiger partial charge in [-0.2, -0.15) is 0 Å². The van der Waals surface area contributed by atoms with Crippen molar-refractivity contribution in [2.45, 2.75) is 23.8 Å². The lowest BCUT2D eigenvalue weighted by Gasteiger charge is -2.29. The van der Waals surface area contributed by atoms with E-state index in [1.807, 2.05) is 7.05 Å². The molecule has 0 radical (unpaired) electrons. The number of rotatable bonds is 4. The first-order valence-corrected chi connectivity index (χ1v) is 8.27. The SMILES string of the molecule is CN1CCCC(NS(=O)(=O)c2csc(C(=O)O)c2)C1. The fraction of sp³-hybridized carbons (Fsp3) is 0.545. The topological polar surface area (TPSA) is 86.7 Å². The van der Waals surface area contributed by atoms with E-state index in [2.05, 4.69) is 9.62 Å². The van der Waals surface area contributed by atoms with Crippen LogP contribution < -0.4 is 4.72 Å². The Kier molecular flexibility index (Phi) is 4.24. The third-order valence-electron chi connectivity index (χ3n) is 3.04. The Labute approximate surface area is 116 Å². The second kappa shape index (κ2) is 5.58. The molecule has 1 aromatic heterocycles. The number of carboxylic acid groups (broad SMARTS) is 1. The number of thiophene rings is 1. The molecule has 8 heteroatoms. The maximum absolute atomic E-state index is 12.1. The Morgan fingerprint density at radius 3 is 2.89 bits per heavy atom. The normalized spacial score (nSPS) is 21.4. The van der Waals surface area contributed by atoms with E-state index in [0.29, 0.717) is 6.54 Å². The van der Waals surface area contributed by atoms with Crippen molar-refractivity contribution in [2.24, 2.45) is 0 Å². The molecule has 19 heavy (non-hydrogen) atoms. The molecule has 0 bridgehead atoms. The number of hydrogen-bond acceptors (Lipinski definition) is 5. The monoisotopic (exact) mass is 304 g/mol. The van der Waals surface area contributed by atoms with Crippen LogP contribution in [0.1, 0.15) is 22.5 Å². The van der Waals surface area contributed by atoms with Gasteiger partial charge in [-0.25, -0.2) is 17.9 Å². The molecule has 2 rings (SSSR count). The first-order valence-electron chi connectivity index (χ1n) is 5.91. The van der Waals surface area contributed by atoms with Crippen LogP contribution in [0.15, 0.2) is 16.3 Å². The van der Waals surface area contributed by atoms with Crippen LogP contribution in [-0.2, 0) is 10.0 Å². The number of aromatic carboxylic acids is 1. The van der Waals surface area contributed by atoms with Gasteiger partial charge in [-0.3, -0.25) is 0 Å². The van der Waals surface area contributed by atoms with Crippen LogP contribution in [0.5, 0.6) is 0 Å². The zero-order valence-electron chi connectivity index (χ0n) is 10.5. The lowest BCUT2D eigenvalue weighted by atomic mass is 10.1. The van der Waals surface area contributed by atoms with Crippen molar-refractivity contribution in [1.82, 2.24) is 9.62 Å². The molecule has 1 unspecified atom stereocenters. The van der Waals surface area contributed by atoms with Crippen molar-refractivity contribution < 1.29 is 18.3 Å². The van der Waals surface area contributed by atoms with E-state index in [1.54, 1.807) is 0 Å². The summed E-state index contributed by atoms with van der Waals surface area (Å²) in [5, 5.41) is 10.2. The molecular weight excluding hydrogens is 288 g/mol. The fourth-order valence-electron chi connectivity index (χ4n) is 2.12. The average Bonchev–Trinajstić information content (AvgIpc) is 2.78. The van der Waals surface area contributed by atoms with Crippen LogP contribution in [0.25, 0.3) is 0 Å². The van der Waals surface area contributed by atoms with E-state index in [1.165, 1.54) is 11.4 Å². The first kappa shape index (κ1) is 14.4. The largest absolute Gasteiger partial charge is 0.477 e. The van der Waals surface area contributed by atoms with Gasteiger partial charge in [-0.05, 0) is 32.5 Å². The molecule has 0 aromatic carbocycles. The predicted octanol–water partition coefficient (Wildman–Crippen LogP) is 0.819. The second-order valence-electron chi connectivity index (χ2n) is 4.67. The Balaban J connectivity index is 2.10. The number of nitrogens with one attached hydrogen (secondary N) is 1. The molecule has 1 fully saturated rings. The molecule has 0 aliphatic carbocycles. The Morgan fingerprint density at radius 2 is 2.32 bits per heavy atom. The van der Waals surface area contributed by atoms with Gasteiger partial charge in [0.15, 0.2) is 0 Å². The summed E-state index contributed by atoms with van der Waals surface area (Å²) in [6, 6.07) is 1.08. The van der Waals surface area contributed by atoms with Gasteiger partial charge in [0.25, 0.3) is 0 Å². The van der Waals surface area contributed by atoms with Gasteiger partial charge < -0.3 is 10.0 Å². The highest BCUT2D eigenvalue weighted by molar-refractivity contribution is 7.89. The van der Waals surface area contributed by atoms with Crippen LogP contribution in [0.4, 0.5) is 0 Å². The summed E-state index contributed by atoms with van der Waals surface area (Å²) < 4.78 is 26.9. The summed E-state index contributed by atoms with van der Waals surface area (Å²) in [5.41, 5.74) is 0. The van der Waals surface area contributed by atoms with E-state index in [-0.39, 0.29) is 15.8 Å². The standard InChI is InChI=1S/C11H16N2O4S2/c1-13-4-2-3-8(6-13)12-19(16,17)9-5-10(11(14)15)18-7-9/h5,7-8,12H,2-4,6H2,1H3,(H,14,15). The van der Waals surface area contributed by atoms with Crippen LogP contribution in [0.2, 0.25) is 0 Å². The summed E-state index contributed by atoms with van der Waals surface area (Å²) in [6.45, 7) is 1.65. The van der Waals surface area contributed by atoms with E-state index in [0.717, 1.165) is 30.7 Å². The maximum atomic E-state index is 12.1. The van der Waals surface area contributed by atoms with Gasteiger partial charge in [0.05, 0.1) is 4.90 Å². The van der Waals surface area contributed by atoms with Crippen LogP contribution >= 0.6 is 11.3 Å². The summed E-state index contributed by atoms with van der Waals surface area (Å²) in [7, 11) is -1.67. The van der Waals surface area contributed by atoms with Crippen LogP contribution in [0.3, 0.4) is 0 Å². The third kappa shape index (κ3) is 3.53. The highest BCUT2D eigenvalue weighted by Crippen LogP contribution is 2.20. The van der Waals surface area contributed by atoms with Gasteiger partial charge in [0.1, 0.15) is 4.88 Å². The van der Waals surface area contributed by atoms with E-state index in [9.17, 15) is 13.2 Å². The second-order valence-corrected chi connectivity index (χ2v) is 7.30. The summed E-state index contributed by atoms with van der Waals surface area (Å²) in [5.74, 6) is -1.11. The lowest BCUT2D eigenvalue weighted by Crippen LogP contribution is -2.46. The molecule has 106 valence electrons. The van der Waals surface area contributed by atoms with Crippen molar-refractivity contribution in [3.05, 3.63) is 16.3 Å². The number of hydrogen-bond donors (Lipinski definition) is 2. The molecule has 0 amide bonds. The third-order valence-corrected chi connectivity index (χ3v) is 5.61. The van der Waals surface area contributed by atoms with Gasteiger partial charge in [-0.1, -0.05) is 0 Å². The summed E-state index contributed by atoms with van der Waals surface area (Å²) >= 11 is 0.918. The van der Waals surface area contributed by atoms with Crippen molar-refractivity contribution in [3.8, 4) is 0 Å². The average molecular weight is 304 g/mol. The van der Waals surface area contributed by atoms with Gasteiger partial charge in [-0.15, -0.1) is 11.3 Å². The zero-order chi connectivity index (χ0) is 14.0. The van der Waals surface area contributed by atoms with Crippen molar-refractivity contribution in [2.75, 3.05) is 20.1 Å². The van der Waals surface area contributed by atoms with Crippen molar-refractivity contribution in [1.29, 1.82) is 0 Å². The Bertz CT molecular complexity index is 567. The van der Waals surface area contributed by atoms with Gasteiger partial charge >= 0.3 is 5.97 Å². The number of likely N-dealkylation sites (N-methyl/N-ethyl adjacent to an activating group) is 1. The molecule has 6 nitrogen and oxygen atoms in total. The predicted molar refractivity (Wildman–Crippen MR) is 72.1 cm³/mol. The molecule has 1 aliphatic rings. The minimum atomic E-state index is -3.63. The summed E-state index contributed by atoms with van der Waals surface area (Å²) in [6.07, 6.45) is 1.76. The lowest BCUT2D eigenvalue weighted by molar-refractivity contribution is 0.0702. The molecule has 2 N–H and O–H groups in total. The minimum absolute atomic E-state index is 0.0288. The fourth-order valence-corrected chi connectivity index (χ4v) is 4.49. The zero-order valence-corrected chi connectivity index (χ0v) is 12.1. The molecular formula is C11H16N2O4S2. The van der Waals surface area contributed by atoms with Crippen LogP contribution in [-0.4, -0.2) is 50.6 Å². The first-order chi connectivity index (χ1) is 8.88. The Hall–Kier alpha value is -0.960. The Morgan fingerprint density at radius 1 is 1.58 bits per heavy atom. The van der Waals surface area contributed by atoms with E-state index >= 15 is 0 Å². The highest BCUT2D eigenvalue weighted by atomic mass is 32.2. The molecule has 1 aromatic rings. The smallest absolute Gasteiger partial charge is 0.345 e. The minimum Gasteiger partial charge on any atom is -0.477 e. The number of likely N-dealkylation sites (tertiary alicyclic amines) is 1. The number of sulfonamides is 1. The number of carboxylic acids is 1. The molecule has 1 atom stereocenters. The molecule has 0 spiro atoms. The summed E-state index contributed by atoms with van der Waals surface area (Å²) in [4.78, 5) is 12.9. The van der Waals surface area contributed by atoms with E-state index < -0.39 is 16.0 Å². The molecule has 0 saturated carbocycles. The van der Waals surface area contributed by atoms with Crippen LogP contribution in [0, 0.1) is 0 Å². The van der Waals surface area contributed by atoms with E-state index in [4.69, 9.17) is 5.11 Å². The molecule has 1 saturated heterocycles. The van der Waals surface area contributed by atoms with Crippen molar-refractivity contribution in [3.63, 3.8) is 0 Å². The number of piperidine rings is 1. The van der Waals surface area contributed by atoms with Crippen molar-refractivity contribution >= 4 is 27.3 Å². The maximum Gasteiger partial charge on any atom is 0.345 e. The molecule has 1 aliphatic heterocycles. The number of carbonyl (C=O) groups is 1. The number of nitrogens with zero attached hydrogens (tertiary/aromatic N) is 1. The highest BCUT2D eigenvalue weighted by Gasteiger charge is 2.25. The molecule has 2 heterocycles. The quantitative estimate of drug-likeness (QED) is 0.860. The van der Waals surface area contributed by atoms with Gasteiger partial charge in [0.2, 0.25) is 10.0 Å².